The summed E-state index contributed by atoms with van der Waals surface area (Å²) in [6.07, 6.45) is 1.59. The summed E-state index contributed by atoms with van der Waals surface area (Å²) in [4.78, 5) is 0. The third-order valence-electron chi connectivity index (χ3n) is 2.02. The first-order valence-corrected chi connectivity index (χ1v) is 5.41. The zero-order valence-electron chi connectivity index (χ0n) is 9.34. The van der Waals surface area contributed by atoms with Crippen molar-refractivity contribution in [3.05, 3.63) is 29.8 Å². The van der Waals surface area contributed by atoms with E-state index in [0.717, 1.165) is 0 Å². The average molecular weight is 237 g/mol. The van der Waals surface area contributed by atoms with E-state index in [9.17, 15) is 5.11 Å². The van der Waals surface area contributed by atoms with Gasteiger partial charge in [-0.1, -0.05) is 12.1 Å². The number of hydrogen-bond acceptors (Lipinski definition) is 3. The molecule has 0 aliphatic carbocycles. The van der Waals surface area contributed by atoms with Crippen LogP contribution in [0.4, 0.5) is 0 Å². The Bertz CT molecular complexity index is 393. The SMILES string of the molecule is CCN(/N=C/c1ccccc1O)C(=S)NC. The summed E-state index contributed by atoms with van der Waals surface area (Å²) < 4.78 is 0. The van der Waals surface area contributed by atoms with Crippen LogP contribution in [0.1, 0.15) is 12.5 Å². The highest BCUT2D eigenvalue weighted by atomic mass is 32.1. The number of aromatic hydroxyl groups is 1. The van der Waals surface area contributed by atoms with Gasteiger partial charge < -0.3 is 10.4 Å². The Morgan fingerprint density at radius 3 is 2.81 bits per heavy atom. The van der Waals surface area contributed by atoms with Crippen molar-refractivity contribution in [2.75, 3.05) is 13.6 Å². The number of phenols is 1. The number of nitrogens with zero attached hydrogens (tertiary/aromatic N) is 2. The average Bonchev–Trinajstić information content (AvgIpc) is 2.31. The summed E-state index contributed by atoms with van der Waals surface area (Å²) in [6, 6.07) is 7.01. The van der Waals surface area contributed by atoms with Gasteiger partial charge in [0, 0.05) is 19.2 Å². The first kappa shape index (κ1) is 12.4. The van der Waals surface area contributed by atoms with Crippen LogP contribution in [0.2, 0.25) is 0 Å². The molecule has 1 aromatic rings. The summed E-state index contributed by atoms with van der Waals surface area (Å²) in [5.41, 5.74) is 0.667. The number of thiocarbonyl (C=S) groups is 1. The molecule has 0 bridgehead atoms. The largest absolute Gasteiger partial charge is 0.507 e. The van der Waals surface area contributed by atoms with Gasteiger partial charge in [0.15, 0.2) is 5.11 Å². The van der Waals surface area contributed by atoms with Crippen molar-refractivity contribution in [2.45, 2.75) is 6.92 Å². The number of para-hydroxylation sites is 1. The topological polar surface area (TPSA) is 47.9 Å². The second-order valence-corrected chi connectivity index (χ2v) is 3.46. The van der Waals surface area contributed by atoms with E-state index in [2.05, 4.69) is 10.4 Å². The van der Waals surface area contributed by atoms with Crippen molar-refractivity contribution in [1.29, 1.82) is 0 Å². The van der Waals surface area contributed by atoms with Crippen molar-refractivity contribution < 1.29 is 5.11 Å². The first-order valence-electron chi connectivity index (χ1n) is 5.00. The van der Waals surface area contributed by atoms with Crippen molar-refractivity contribution in [2.24, 2.45) is 5.10 Å². The van der Waals surface area contributed by atoms with Gasteiger partial charge in [0.25, 0.3) is 0 Å². The van der Waals surface area contributed by atoms with Crippen LogP contribution >= 0.6 is 12.2 Å². The predicted molar refractivity (Wildman–Crippen MR) is 69.7 cm³/mol. The van der Waals surface area contributed by atoms with E-state index in [0.29, 0.717) is 17.2 Å². The van der Waals surface area contributed by atoms with Gasteiger partial charge in [-0.05, 0) is 31.3 Å². The number of hydrazone groups is 1. The molecule has 0 unspecified atom stereocenters. The molecule has 0 saturated carbocycles. The molecule has 0 aliphatic rings. The zero-order chi connectivity index (χ0) is 12.0. The fourth-order valence-corrected chi connectivity index (χ4v) is 1.31. The van der Waals surface area contributed by atoms with Gasteiger partial charge in [-0.25, -0.2) is 5.01 Å². The minimum absolute atomic E-state index is 0.206. The molecule has 0 radical (unpaired) electrons. The summed E-state index contributed by atoms with van der Waals surface area (Å²) in [7, 11) is 1.75. The lowest BCUT2D eigenvalue weighted by Gasteiger charge is -2.16. The Morgan fingerprint density at radius 1 is 1.56 bits per heavy atom. The molecule has 2 N–H and O–H groups in total. The quantitative estimate of drug-likeness (QED) is 0.476. The van der Waals surface area contributed by atoms with E-state index in [-0.39, 0.29) is 5.75 Å². The summed E-state index contributed by atoms with van der Waals surface area (Å²) >= 11 is 5.06. The molecule has 0 saturated heterocycles. The Balaban J connectivity index is 2.79. The fraction of sp³-hybridized carbons (Fsp3) is 0.273. The highest BCUT2D eigenvalue weighted by Crippen LogP contribution is 2.12. The molecule has 0 atom stereocenters. The molecule has 1 aromatic carbocycles. The van der Waals surface area contributed by atoms with E-state index in [4.69, 9.17) is 12.2 Å². The number of nitrogens with one attached hydrogen (secondary N) is 1. The second-order valence-electron chi connectivity index (χ2n) is 3.07. The van der Waals surface area contributed by atoms with Gasteiger partial charge >= 0.3 is 0 Å². The second kappa shape index (κ2) is 6.07. The number of benzene rings is 1. The molecular weight excluding hydrogens is 222 g/mol. The molecular formula is C11H15N3OS. The van der Waals surface area contributed by atoms with E-state index < -0.39 is 0 Å². The number of phenolic OH excluding ortho intramolecular Hbond substituents is 1. The molecule has 1 rings (SSSR count). The zero-order valence-corrected chi connectivity index (χ0v) is 10.2. The molecule has 86 valence electrons. The van der Waals surface area contributed by atoms with Crippen molar-refractivity contribution in [1.82, 2.24) is 10.3 Å². The molecule has 0 aliphatic heterocycles. The minimum Gasteiger partial charge on any atom is -0.507 e. The van der Waals surface area contributed by atoms with Crippen LogP contribution in [-0.2, 0) is 0 Å². The Morgan fingerprint density at radius 2 is 2.25 bits per heavy atom. The van der Waals surface area contributed by atoms with Crippen molar-refractivity contribution in [3.8, 4) is 5.75 Å². The van der Waals surface area contributed by atoms with Crippen molar-refractivity contribution >= 4 is 23.5 Å². The normalized spacial score (nSPS) is 10.4. The van der Waals surface area contributed by atoms with Gasteiger partial charge in [-0.15, -0.1) is 0 Å². The lowest BCUT2D eigenvalue weighted by molar-refractivity contribution is 0.464. The van der Waals surface area contributed by atoms with Crippen LogP contribution in [0.3, 0.4) is 0 Å². The standard InChI is InChI=1S/C11H15N3OS/c1-3-14(11(16)12-2)13-8-9-6-4-5-7-10(9)15/h4-8,15H,3H2,1-2H3,(H,12,16)/b13-8+. The third-order valence-corrected chi connectivity index (χ3v) is 2.44. The first-order chi connectivity index (χ1) is 7.69. The molecule has 0 fully saturated rings. The molecule has 4 nitrogen and oxygen atoms in total. The molecule has 0 spiro atoms. The summed E-state index contributed by atoms with van der Waals surface area (Å²) in [6.45, 7) is 2.62. The van der Waals surface area contributed by atoms with E-state index in [1.54, 1.807) is 36.5 Å². The fourth-order valence-electron chi connectivity index (χ4n) is 1.14. The van der Waals surface area contributed by atoms with Gasteiger partial charge in [-0.3, -0.25) is 0 Å². The van der Waals surface area contributed by atoms with E-state index in [1.807, 2.05) is 13.0 Å². The lowest BCUT2D eigenvalue weighted by Crippen LogP contribution is -2.33. The maximum atomic E-state index is 9.53. The van der Waals surface area contributed by atoms with Crippen LogP contribution < -0.4 is 5.32 Å². The summed E-state index contributed by atoms with van der Waals surface area (Å²) in [5.74, 6) is 0.206. The van der Waals surface area contributed by atoms with Gasteiger partial charge in [0.1, 0.15) is 5.75 Å². The molecule has 5 heteroatoms. The van der Waals surface area contributed by atoms with Crippen LogP contribution in [0.15, 0.2) is 29.4 Å². The monoisotopic (exact) mass is 237 g/mol. The van der Waals surface area contributed by atoms with Gasteiger partial charge in [-0.2, -0.15) is 5.10 Å². The van der Waals surface area contributed by atoms with Crippen LogP contribution in [0.25, 0.3) is 0 Å². The maximum absolute atomic E-state index is 9.53. The molecule has 0 aromatic heterocycles. The van der Waals surface area contributed by atoms with Crippen LogP contribution in [0.5, 0.6) is 5.75 Å². The third kappa shape index (κ3) is 3.20. The maximum Gasteiger partial charge on any atom is 0.189 e. The molecule has 0 heterocycles. The Hall–Kier alpha value is -1.62. The van der Waals surface area contributed by atoms with E-state index >= 15 is 0 Å². The summed E-state index contributed by atoms with van der Waals surface area (Å²) in [5, 5.41) is 18.8. The van der Waals surface area contributed by atoms with E-state index in [1.165, 1.54) is 0 Å². The van der Waals surface area contributed by atoms with Crippen LogP contribution in [0, 0.1) is 0 Å². The number of hydrogen-bond donors (Lipinski definition) is 2. The lowest BCUT2D eigenvalue weighted by atomic mass is 10.2. The smallest absolute Gasteiger partial charge is 0.189 e. The minimum atomic E-state index is 0.206. The highest BCUT2D eigenvalue weighted by molar-refractivity contribution is 7.80. The van der Waals surface area contributed by atoms with Crippen molar-refractivity contribution in [3.63, 3.8) is 0 Å². The van der Waals surface area contributed by atoms with Gasteiger partial charge in [0.05, 0.1) is 6.21 Å². The molecule has 16 heavy (non-hydrogen) atoms. The Labute approximate surface area is 101 Å². The van der Waals surface area contributed by atoms with Crippen LogP contribution in [-0.4, -0.2) is 35.0 Å². The number of rotatable bonds is 3. The Kier molecular flexibility index (Phi) is 4.72. The van der Waals surface area contributed by atoms with Gasteiger partial charge in [0.2, 0.25) is 0 Å². The highest BCUT2D eigenvalue weighted by Gasteiger charge is 2.02. The predicted octanol–water partition coefficient (Wildman–Crippen LogP) is 1.55. The molecule has 0 amide bonds.